The molecule has 212 valence electrons. The van der Waals surface area contributed by atoms with Crippen LogP contribution in [0, 0.1) is 0 Å². The Morgan fingerprint density at radius 1 is 1.05 bits per heavy atom. The summed E-state index contributed by atoms with van der Waals surface area (Å²) in [5.41, 5.74) is 2.20. The van der Waals surface area contributed by atoms with Crippen LogP contribution < -0.4 is 15.8 Å². The highest BCUT2D eigenvalue weighted by Gasteiger charge is 2.38. The average molecular weight is 599 g/mol. The standard InChI is InChI=1S/C23H22Cl2N6O2.C2HF3O2/c24-15-5-6-20(17(25)13-15)30-11-9-29(10-12-30)8-7-26-23(33)18-14-21-27-22(32)16-3-1-2-4-19(16)31(21)28-18;3-2(4,5)1(6)7/h1-6,13-14H,7-12H2,(H,26,33)(H,27,32);(H,6,7). The number of anilines is 1. The summed E-state index contributed by atoms with van der Waals surface area (Å²) in [7, 11) is 0. The van der Waals surface area contributed by atoms with Crippen molar-refractivity contribution in [2.45, 2.75) is 6.18 Å². The van der Waals surface area contributed by atoms with Gasteiger partial charge in [-0.3, -0.25) is 14.5 Å². The van der Waals surface area contributed by atoms with Gasteiger partial charge < -0.3 is 20.3 Å². The van der Waals surface area contributed by atoms with Crippen molar-refractivity contribution in [3.05, 3.63) is 74.6 Å². The summed E-state index contributed by atoms with van der Waals surface area (Å²) in [5, 5.41) is 16.3. The molecule has 1 aliphatic rings. The Labute approximate surface area is 234 Å². The van der Waals surface area contributed by atoms with E-state index < -0.39 is 12.1 Å². The Morgan fingerprint density at radius 2 is 1.73 bits per heavy atom. The number of nitrogens with zero attached hydrogens (tertiary/aromatic N) is 4. The molecule has 0 saturated carbocycles. The first-order chi connectivity index (χ1) is 18.9. The number of carboxylic acid groups (broad SMARTS) is 1. The predicted molar refractivity (Wildman–Crippen MR) is 144 cm³/mol. The van der Waals surface area contributed by atoms with Crippen LogP contribution in [0.2, 0.25) is 10.0 Å². The average Bonchev–Trinajstić information content (AvgIpc) is 3.34. The second-order valence-corrected chi connectivity index (χ2v) is 9.62. The molecule has 4 aromatic rings. The Kier molecular flexibility index (Phi) is 8.86. The number of hydrogen-bond acceptors (Lipinski definition) is 6. The molecule has 0 radical (unpaired) electrons. The number of para-hydroxylation sites is 1. The van der Waals surface area contributed by atoms with E-state index in [0.717, 1.165) is 38.4 Å². The summed E-state index contributed by atoms with van der Waals surface area (Å²) < 4.78 is 33.3. The molecule has 5 rings (SSSR count). The summed E-state index contributed by atoms with van der Waals surface area (Å²) >= 11 is 12.3. The monoisotopic (exact) mass is 598 g/mol. The van der Waals surface area contributed by atoms with E-state index in [9.17, 15) is 22.8 Å². The molecule has 1 saturated heterocycles. The van der Waals surface area contributed by atoms with Crippen LogP contribution in [0.1, 0.15) is 10.5 Å². The number of aromatic nitrogens is 3. The van der Waals surface area contributed by atoms with E-state index in [1.807, 2.05) is 24.3 Å². The lowest BCUT2D eigenvalue weighted by atomic mass is 10.2. The molecule has 0 spiro atoms. The number of halogens is 5. The van der Waals surface area contributed by atoms with Crippen molar-refractivity contribution in [3.8, 4) is 0 Å². The lowest BCUT2D eigenvalue weighted by molar-refractivity contribution is -0.192. The van der Waals surface area contributed by atoms with Gasteiger partial charge in [-0.15, -0.1) is 0 Å². The van der Waals surface area contributed by atoms with Crippen molar-refractivity contribution >= 4 is 57.3 Å². The number of amides is 1. The van der Waals surface area contributed by atoms with Crippen molar-refractivity contribution in [2.24, 2.45) is 0 Å². The fourth-order valence-electron chi connectivity index (χ4n) is 4.17. The molecule has 0 unspecified atom stereocenters. The topological polar surface area (TPSA) is 123 Å². The maximum absolute atomic E-state index is 12.6. The molecule has 40 heavy (non-hydrogen) atoms. The first kappa shape index (κ1) is 29.2. The number of hydrogen-bond donors (Lipinski definition) is 3. The number of carbonyl (C=O) groups excluding carboxylic acids is 1. The summed E-state index contributed by atoms with van der Waals surface area (Å²) in [5.74, 6) is -3.03. The molecule has 2 aromatic carbocycles. The minimum Gasteiger partial charge on any atom is -0.475 e. The molecular formula is C25H23Cl2F3N6O4. The number of aromatic amines is 1. The van der Waals surface area contributed by atoms with Crippen LogP contribution >= 0.6 is 23.2 Å². The quantitative estimate of drug-likeness (QED) is 0.320. The van der Waals surface area contributed by atoms with E-state index in [1.165, 1.54) is 0 Å². The van der Waals surface area contributed by atoms with Gasteiger partial charge in [-0.25, -0.2) is 9.31 Å². The smallest absolute Gasteiger partial charge is 0.475 e. The maximum Gasteiger partial charge on any atom is 0.490 e. The van der Waals surface area contributed by atoms with E-state index in [1.54, 1.807) is 28.8 Å². The number of carboxylic acids is 1. The summed E-state index contributed by atoms with van der Waals surface area (Å²) in [6.45, 7) is 4.68. The molecular weight excluding hydrogens is 576 g/mol. The molecule has 3 heterocycles. The van der Waals surface area contributed by atoms with Gasteiger partial charge in [-0.2, -0.15) is 18.3 Å². The highest BCUT2D eigenvalue weighted by Crippen LogP contribution is 2.29. The summed E-state index contributed by atoms with van der Waals surface area (Å²) in [6.07, 6.45) is -5.08. The van der Waals surface area contributed by atoms with Gasteiger partial charge in [0.25, 0.3) is 11.5 Å². The zero-order valence-electron chi connectivity index (χ0n) is 20.7. The van der Waals surface area contributed by atoms with Gasteiger partial charge in [0.2, 0.25) is 0 Å². The fraction of sp³-hybridized carbons (Fsp3) is 0.280. The number of nitrogens with one attached hydrogen (secondary N) is 2. The van der Waals surface area contributed by atoms with Crippen molar-refractivity contribution in [1.29, 1.82) is 0 Å². The first-order valence-corrected chi connectivity index (χ1v) is 12.7. The van der Waals surface area contributed by atoms with E-state index in [2.05, 4.69) is 25.2 Å². The molecule has 1 amide bonds. The van der Waals surface area contributed by atoms with Crippen LogP contribution in [-0.2, 0) is 4.79 Å². The Bertz CT molecular complexity index is 1600. The van der Waals surface area contributed by atoms with Crippen molar-refractivity contribution in [3.63, 3.8) is 0 Å². The molecule has 0 atom stereocenters. The number of benzene rings is 2. The van der Waals surface area contributed by atoms with Gasteiger partial charge in [0.05, 0.1) is 21.6 Å². The second kappa shape index (κ2) is 12.1. The molecule has 10 nitrogen and oxygen atoms in total. The van der Waals surface area contributed by atoms with Gasteiger partial charge in [-0.1, -0.05) is 35.3 Å². The lowest BCUT2D eigenvalue weighted by Gasteiger charge is -2.36. The number of aliphatic carboxylic acids is 1. The zero-order valence-corrected chi connectivity index (χ0v) is 22.2. The Balaban J connectivity index is 0.000000470. The third-order valence-electron chi connectivity index (χ3n) is 6.14. The number of piperazine rings is 1. The van der Waals surface area contributed by atoms with E-state index >= 15 is 0 Å². The lowest BCUT2D eigenvalue weighted by Crippen LogP contribution is -2.48. The number of H-pyrrole nitrogens is 1. The minimum absolute atomic E-state index is 0.205. The van der Waals surface area contributed by atoms with Crippen LogP contribution in [0.15, 0.2) is 53.3 Å². The second-order valence-electron chi connectivity index (χ2n) is 8.78. The van der Waals surface area contributed by atoms with Crippen LogP contribution in [0.25, 0.3) is 16.6 Å². The predicted octanol–water partition coefficient (Wildman–Crippen LogP) is 3.67. The largest absolute Gasteiger partial charge is 0.490 e. The molecule has 1 fully saturated rings. The van der Waals surface area contributed by atoms with Gasteiger partial charge >= 0.3 is 12.1 Å². The van der Waals surface area contributed by atoms with Gasteiger partial charge in [0.15, 0.2) is 5.69 Å². The Hall–Kier alpha value is -3.81. The van der Waals surface area contributed by atoms with Crippen LogP contribution in [0.3, 0.4) is 0 Å². The molecule has 1 aliphatic heterocycles. The van der Waals surface area contributed by atoms with Crippen molar-refractivity contribution in [2.75, 3.05) is 44.2 Å². The maximum atomic E-state index is 12.6. The van der Waals surface area contributed by atoms with Gasteiger partial charge in [-0.05, 0) is 30.3 Å². The molecule has 15 heteroatoms. The zero-order chi connectivity index (χ0) is 29.0. The molecule has 2 aromatic heterocycles. The number of alkyl halides is 3. The van der Waals surface area contributed by atoms with Crippen LogP contribution in [0.4, 0.5) is 18.9 Å². The van der Waals surface area contributed by atoms with Crippen molar-refractivity contribution in [1.82, 2.24) is 24.8 Å². The van der Waals surface area contributed by atoms with Gasteiger partial charge in [0, 0.05) is 50.4 Å². The molecule has 3 N–H and O–H groups in total. The highest BCUT2D eigenvalue weighted by molar-refractivity contribution is 6.36. The highest BCUT2D eigenvalue weighted by atomic mass is 35.5. The third kappa shape index (κ3) is 6.84. The third-order valence-corrected chi connectivity index (χ3v) is 6.68. The van der Waals surface area contributed by atoms with Crippen LogP contribution in [0.5, 0.6) is 0 Å². The van der Waals surface area contributed by atoms with E-state index in [0.29, 0.717) is 33.1 Å². The summed E-state index contributed by atoms with van der Waals surface area (Å²) in [6, 6.07) is 14.3. The van der Waals surface area contributed by atoms with Crippen LogP contribution in [-0.4, -0.2) is 81.9 Å². The van der Waals surface area contributed by atoms with E-state index in [-0.39, 0.29) is 17.2 Å². The number of rotatable bonds is 5. The number of carbonyl (C=O) groups is 2. The normalized spacial score (nSPS) is 14.2. The van der Waals surface area contributed by atoms with Crippen molar-refractivity contribution < 1.29 is 27.9 Å². The molecule has 0 aliphatic carbocycles. The first-order valence-electron chi connectivity index (χ1n) is 12.0. The fourth-order valence-corrected chi connectivity index (χ4v) is 4.69. The minimum atomic E-state index is -5.08. The Morgan fingerprint density at radius 3 is 2.38 bits per heavy atom. The SMILES string of the molecule is O=C(NCCN1CCN(c2ccc(Cl)cc2Cl)CC1)c1cc2[nH]c(=O)c3ccccc3n2n1.O=C(O)C(F)(F)F. The van der Waals surface area contributed by atoms with Gasteiger partial charge in [0.1, 0.15) is 5.65 Å². The van der Waals surface area contributed by atoms with E-state index in [4.69, 9.17) is 33.1 Å². The molecule has 0 bridgehead atoms. The number of fused-ring (bicyclic) bond motifs is 3. The summed E-state index contributed by atoms with van der Waals surface area (Å²) in [4.78, 5) is 41.1.